The van der Waals surface area contributed by atoms with Crippen molar-refractivity contribution in [2.45, 2.75) is 77.4 Å². The normalized spacial score (nSPS) is 54.3. The smallest absolute Gasteiger partial charge is 0.321 e. The van der Waals surface area contributed by atoms with Gasteiger partial charge in [-0.25, -0.2) is 0 Å². The number of fused-ring (bicyclic) bond motifs is 2. The van der Waals surface area contributed by atoms with Crippen LogP contribution in [-0.2, 0) is 19.1 Å². The number of rotatable bonds is 3. The predicted molar refractivity (Wildman–Crippen MR) is 96.0 cm³/mol. The third kappa shape index (κ3) is 2.19. The summed E-state index contributed by atoms with van der Waals surface area (Å²) in [4.78, 5) is 25.9. The number of hydrogen-bond acceptors (Lipinski definition) is 4. The minimum atomic E-state index is -0.702. The molecule has 6 rings (SSSR count). The second-order valence-corrected chi connectivity index (χ2v) is 10.1. The molecule has 0 radical (unpaired) electrons. The summed E-state index contributed by atoms with van der Waals surface area (Å²) in [5.41, 5.74) is -0.324. The van der Waals surface area contributed by atoms with Crippen molar-refractivity contribution in [2.75, 3.05) is 0 Å². The van der Waals surface area contributed by atoms with Crippen molar-refractivity contribution in [3.05, 3.63) is 0 Å². The Morgan fingerprint density at radius 2 is 1.69 bits per heavy atom. The van der Waals surface area contributed by atoms with Gasteiger partial charge in [0.05, 0.1) is 0 Å². The summed E-state index contributed by atoms with van der Waals surface area (Å²) in [5.74, 6) is 2.06. The summed E-state index contributed by atoms with van der Waals surface area (Å²) >= 11 is 0. The molecule has 1 heterocycles. The minimum absolute atomic E-state index is 0.0159. The number of esters is 2. The van der Waals surface area contributed by atoms with Crippen molar-refractivity contribution in [3.63, 3.8) is 0 Å². The molecule has 4 nitrogen and oxygen atoms in total. The quantitative estimate of drug-likeness (QED) is 0.564. The molecule has 1 aliphatic heterocycles. The van der Waals surface area contributed by atoms with E-state index >= 15 is 0 Å². The largest absolute Gasteiger partial charge is 0.461 e. The van der Waals surface area contributed by atoms with Gasteiger partial charge in [0.1, 0.15) is 11.7 Å². The van der Waals surface area contributed by atoms with E-state index in [9.17, 15) is 9.59 Å². The zero-order chi connectivity index (χ0) is 18.2. The Morgan fingerprint density at radius 1 is 1.08 bits per heavy atom. The van der Waals surface area contributed by atoms with E-state index in [2.05, 4.69) is 20.8 Å². The van der Waals surface area contributed by atoms with Crippen LogP contribution in [-0.4, -0.2) is 23.6 Å². The number of carbonyl (C=O) groups is 2. The summed E-state index contributed by atoms with van der Waals surface area (Å²) in [6, 6.07) is 0. The highest BCUT2D eigenvalue weighted by Gasteiger charge is 2.61. The molecule has 6 aliphatic rings. The topological polar surface area (TPSA) is 52.6 Å². The molecule has 0 aromatic heterocycles. The first-order chi connectivity index (χ1) is 12.4. The van der Waals surface area contributed by atoms with Gasteiger partial charge < -0.3 is 9.47 Å². The molecular formula is C22H32O4. The molecule has 5 aliphatic carbocycles. The van der Waals surface area contributed by atoms with Crippen molar-refractivity contribution in [3.8, 4) is 0 Å². The van der Waals surface area contributed by atoms with E-state index in [0.717, 1.165) is 24.7 Å². The third-order valence-electron chi connectivity index (χ3n) is 8.95. The highest BCUT2D eigenvalue weighted by atomic mass is 16.6. The average molecular weight is 360 g/mol. The number of carbonyl (C=O) groups excluding carboxylic acids is 2. The molecule has 4 heteroatoms. The molecule has 0 N–H and O–H groups in total. The van der Waals surface area contributed by atoms with Gasteiger partial charge in [0.2, 0.25) is 0 Å². The second kappa shape index (κ2) is 5.72. The van der Waals surface area contributed by atoms with Crippen LogP contribution in [0.4, 0.5) is 0 Å². The van der Waals surface area contributed by atoms with E-state index in [1.165, 1.54) is 32.1 Å². The molecule has 144 valence electrons. The first-order valence-corrected chi connectivity index (χ1v) is 10.9. The van der Waals surface area contributed by atoms with Crippen molar-refractivity contribution < 1.29 is 19.1 Å². The zero-order valence-electron chi connectivity index (χ0n) is 16.3. The highest BCUT2D eigenvalue weighted by molar-refractivity contribution is 5.96. The lowest BCUT2D eigenvalue weighted by molar-refractivity contribution is -0.219. The first kappa shape index (κ1) is 17.1. The van der Waals surface area contributed by atoms with Crippen molar-refractivity contribution >= 4 is 11.9 Å². The molecule has 0 aromatic carbocycles. The highest BCUT2D eigenvalue weighted by Crippen LogP contribution is 2.61. The van der Waals surface area contributed by atoms with Crippen LogP contribution in [0, 0.1) is 47.3 Å². The van der Waals surface area contributed by atoms with E-state index in [4.69, 9.17) is 9.47 Å². The fourth-order valence-corrected chi connectivity index (χ4v) is 7.91. The van der Waals surface area contributed by atoms with Crippen LogP contribution in [0.15, 0.2) is 0 Å². The Morgan fingerprint density at radius 3 is 2.27 bits per heavy atom. The van der Waals surface area contributed by atoms with Gasteiger partial charge in [-0.3, -0.25) is 9.59 Å². The fourth-order valence-electron chi connectivity index (χ4n) is 7.91. The Bertz CT molecular complexity index is 598. The summed E-state index contributed by atoms with van der Waals surface area (Å²) in [6.07, 6.45) is 7.99. The van der Waals surface area contributed by atoms with Gasteiger partial charge in [0, 0.05) is 0 Å². The van der Waals surface area contributed by atoms with E-state index < -0.39 is 5.92 Å². The van der Waals surface area contributed by atoms with E-state index in [1.54, 1.807) is 0 Å². The molecule has 1 saturated heterocycles. The lowest BCUT2D eigenvalue weighted by Crippen LogP contribution is -2.60. The van der Waals surface area contributed by atoms with Gasteiger partial charge in [-0.05, 0) is 86.4 Å². The van der Waals surface area contributed by atoms with Gasteiger partial charge in [-0.15, -0.1) is 0 Å². The molecule has 5 atom stereocenters. The molecule has 0 amide bonds. The van der Waals surface area contributed by atoms with Crippen LogP contribution in [0.25, 0.3) is 0 Å². The number of hydrogen-bond donors (Lipinski definition) is 0. The van der Waals surface area contributed by atoms with Crippen LogP contribution >= 0.6 is 0 Å². The molecule has 5 saturated carbocycles. The van der Waals surface area contributed by atoms with E-state index in [1.807, 2.05) is 0 Å². The molecule has 0 aromatic rings. The van der Waals surface area contributed by atoms with Gasteiger partial charge >= 0.3 is 11.9 Å². The molecular weight excluding hydrogens is 328 g/mol. The molecule has 6 fully saturated rings. The van der Waals surface area contributed by atoms with E-state index in [0.29, 0.717) is 17.8 Å². The van der Waals surface area contributed by atoms with Crippen molar-refractivity contribution in [2.24, 2.45) is 47.3 Å². The lowest BCUT2D eigenvalue weighted by Gasteiger charge is -2.60. The monoisotopic (exact) mass is 360 g/mol. The van der Waals surface area contributed by atoms with Crippen molar-refractivity contribution in [1.29, 1.82) is 0 Å². The van der Waals surface area contributed by atoms with Crippen LogP contribution < -0.4 is 0 Å². The van der Waals surface area contributed by atoms with E-state index in [-0.39, 0.29) is 35.5 Å². The predicted octanol–water partition coefficient (Wildman–Crippen LogP) is 3.97. The molecule has 6 bridgehead atoms. The van der Waals surface area contributed by atoms with Gasteiger partial charge in [0.15, 0.2) is 5.92 Å². The maximum absolute atomic E-state index is 13.3. The SMILES string of the molecule is CCC1(OC(=O)C2C(=O)OC3C(C)CC2C3C)C2CC3CC(C2)CC1C3. The Hall–Kier alpha value is -1.06. The summed E-state index contributed by atoms with van der Waals surface area (Å²) < 4.78 is 12.0. The zero-order valence-corrected chi connectivity index (χ0v) is 16.3. The second-order valence-electron chi connectivity index (χ2n) is 10.1. The van der Waals surface area contributed by atoms with Crippen molar-refractivity contribution in [1.82, 2.24) is 0 Å². The van der Waals surface area contributed by atoms with Crippen LogP contribution in [0.2, 0.25) is 0 Å². The number of ether oxygens (including phenoxy) is 2. The fraction of sp³-hybridized carbons (Fsp3) is 0.909. The minimum Gasteiger partial charge on any atom is -0.461 e. The van der Waals surface area contributed by atoms with Crippen LogP contribution in [0.5, 0.6) is 0 Å². The Labute approximate surface area is 156 Å². The first-order valence-electron chi connectivity index (χ1n) is 10.9. The van der Waals surface area contributed by atoms with Gasteiger partial charge in [-0.1, -0.05) is 20.8 Å². The third-order valence-corrected chi connectivity index (χ3v) is 8.95. The summed E-state index contributed by atoms with van der Waals surface area (Å²) in [7, 11) is 0. The van der Waals surface area contributed by atoms with Gasteiger partial charge in [0.25, 0.3) is 0 Å². The summed E-state index contributed by atoms with van der Waals surface area (Å²) in [6.45, 7) is 6.43. The maximum Gasteiger partial charge on any atom is 0.321 e. The molecule has 26 heavy (non-hydrogen) atoms. The average Bonchev–Trinajstić information content (AvgIpc) is 2.77. The maximum atomic E-state index is 13.3. The lowest BCUT2D eigenvalue weighted by atomic mass is 9.49. The molecule has 5 unspecified atom stereocenters. The summed E-state index contributed by atoms with van der Waals surface area (Å²) in [5, 5.41) is 0. The molecule has 0 spiro atoms. The standard InChI is InChI=1S/C22H32O4/c1-4-22(15-7-13-6-14(9-15)10-16(22)8-13)26-21(24)18-17-5-11(2)19(12(17)3)25-20(18)23/h11-19H,4-10H2,1-3H3. The Kier molecular flexibility index (Phi) is 3.75. The van der Waals surface area contributed by atoms with Crippen LogP contribution in [0.1, 0.15) is 65.7 Å². The van der Waals surface area contributed by atoms with Crippen LogP contribution in [0.3, 0.4) is 0 Å². The van der Waals surface area contributed by atoms with Gasteiger partial charge in [-0.2, -0.15) is 0 Å². The Balaban J connectivity index is 1.40.